The predicted octanol–water partition coefficient (Wildman–Crippen LogP) is 3.68. The highest BCUT2D eigenvalue weighted by Crippen LogP contribution is 2.40. The van der Waals surface area contributed by atoms with Crippen LogP contribution in [0.3, 0.4) is 0 Å². The van der Waals surface area contributed by atoms with Gasteiger partial charge in [-0.25, -0.2) is 4.98 Å². The van der Waals surface area contributed by atoms with Gasteiger partial charge in [0.25, 0.3) is 0 Å². The number of rotatable bonds is 10. The molecule has 0 spiro atoms. The zero-order valence-corrected chi connectivity index (χ0v) is 18.8. The van der Waals surface area contributed by atoms with E-state index in [0.29, 0.717) is 0 Å². The van der Waals surface area contributed by atoms with Crippen LogP contribution in [-0.2, 0) is 12.8 Å². The van der Waals surface area contributed by atoms with Crippen molar-refractivity contribution in [1.29, 1.82) is 0 Å². The van der Waals surface area contributed by atoms with Crippen LogP contribution in [0.2, 0.25) is 0 Å². The van der Waals surface area contributed by atoms with Crippen molar-refractivity contribution >= 4 is 38.6 Å². The minimum Gasteiger partial charge on any atom is -0.397 e. The molecule has 1 unspecified atom stereocenters. The number of thiophene rings is 1. The van der Waals surface area contributed by atoms with Crippen LogP contribution in [0.15, 0.2) is 36.9 Å². The van der Waals surface area contributed by atoms with E-state index in [1.54, 1.807) is 0 Å². The van der Waals surface area contributed by atoms with E-state index in [1.807, 2.05) is 0 Å². The molecule has 164 valence electrons. The summed E-state index contributed by atoms with van der Waals surface area (Å²) in [6.45, 7) is 9.96. The lowest BCUT2D eigenvalue weighted by Crippen LogP contribution is -2.21. The van der Waals surface area contributed by atoms with Crippen molar-refractivity contribution in [2.75, 3.05) is 37.2 Å². The lowest BCUT2D eigenvalue weighted by atomic mass is 10.1. The Labute approximate surface area is 187 Å². The van der Waals surface area contributed by atoms with E-state index in [2.05, 4.69) is 64.8 Å². The summed E-state index contributed by atoms with van der Waals surface area (Å²) in [5, 5.41) is 21.2. The first-order valence-corrected chi connectivity index (χ1v) is 11.7. The number of nitrogen functional groups attached to an aromatic ring is 1. The molecule has 3 aromatic rings. The lowest BCUT2D eigenvalue weighted by molar-refractivity contribution is 0.176. The molecule has 1 aromatic carbocycles. The quantitative estimate of drug-likeness (QED) is 0.311. The second kappa shape index (κ2) is 9.68. The number of aliphatic hydroxyl groups is 1. The molecule has 1 aliphatic carbocycles. The Morgan fingerprint density at radius 3 is 2.84 bits per heavy atom. The fourth-order valence-corrected chi connectivity index (χ4v) is 4.97. The van der Waals surface area contributed by atoms with Gasteiger partial charge in [-0.05, 0) is 55.1 Å². The molecule has 4 rings (SSSR count). The number of nitrogens with two attached hydrogens (primary N) is 1. The van der Waals surface area contributed by atoms with E-state index in [-0.39, 0.29) is 0 Å². The van der Waals surface area contributed by atoms with Gasteiger partial charge in [0.2, 0.25) is 0 Å². The van der Waals surface area contributed by atoms with Crippen molar-refractivity contribution in [1.82, 2.24) is 15.6 Å². The standard InChI is InChI=1S/C24H31N5OS/c1-3-26-12-13-28-18-7-4-16(5-8-18)10-11-27-15(2)23-21(25)19-14-17-6-9-20(30)22(17)29-24(19)31-23/h4-5,7-8,14,20,26-28,30H,2-3,6,9-13,25H2,1H3. The number of hydrogen-bond acceptors (Lipinski definition) is 7. The number of nitrogens with one attached hydrogen (secondary N) is 3. The monoisotopic (exact) mass is 437 g/mol. The third-order valence-corrected chi connectivity index (χ3v) is 6.87. The Kier molecular flexibility index (Phi) is 6.75. The summed E-state index contributed by atoms with van der Waals surface area (Å²) in [6, 6.07) is 10.7. The fourth-order valence-electron chi connectivity index (χ4n) is 3.94. The van der Waals surface area contributed by atoms with E-state index >= 15 is 0 Å². The zero-order valence-electron chi connectivity index (χ0n) is 18.0. The molecule has 6 nitrogen and oxygen atoms in total. The van der Waals surface area contributed by atoms with Crippen LogP contribution < -0.4 is 21.7 Å². The zero-order chi connectivity index (χ0) is 21.8. The normalized spacial score (nSPS) is 15.2. The van der Waals surface area contributed by atoms with Crippen LogP contribution in [0.5, 0.6) is 0 Å². The molecule has 0 saturated carbocycles. The Bertz CT molecular complexity index is 1060. The van der Waals surface area contributed by atoms with E-state index in [9.17, 15) is 5.11 Å². The van der Waals surface area contributed by atoms with Gasteiger partial charge in [0.05, 0.1) is 22.4 Å². The van der Waals surface area contributed by atoms with Crippen LogP contribution in [-0.4, -0.2) is 36.3 Å². The number of nitrogens with zero attached hydrogens (tertiary/aromatic N) is 1. The van der Waals surface area contributed by atoms with Gasteiger partial charge in [-0.1, -0.05) is 25.6 Å². The Hall–Kier alpha value is -2.61. The van der Waals surface area contributed by atoms with Gasteiger partial charge < -0.3 is 26.8 Å². The minimum absolute atomic E-state index is 0.456. The highest BCUT2D eigenvalue weighted by atomic mass is 32.1. The fraction of sp³-hybridized carbons (Fsp3) is 0.375. The van der Waals surface area contributed by atoms with Crippen molar-refractivity contribution in [2.45, 2.75) is 32.3 Å². The topological polar surface area (TPSA) is 95.2 Å². The van der Waals surface area contributed by atoms with Crippen molar-refractivity contribution in [3.05, 3.63) is 58.6 Å². The summed E-state index contributed by atoms with van der Waals surface area (Å²) in [7, 11) is 0. The van der Waals surface area contributed by atoms with Gasteiger partial charge in [-0.2, -0.15) is 0 Å². The summed E-state index contributed by atoms with van der Waals surface area (Å²) in [5.41, 5.74) is 12.3. The molecule has 2 aromatic heterocycles. The third-order valence-electron chi connectivity index (χ3n) is 5.70. The summed E-state index contributed by atoms with van der Waals surface area (Å²) >= 11 is 1.54. The first kappa shape index (κ1) is 21.6. The Balaban J connectivity index is 1.33. The van der Waals surface area contributed by atoms with Crippen molar-refractivity contribution in [2.24, 2.45) is 0 Å². The van der Waals surface area contributed by atoms with Crippen molar-refractivity contribution in [3.8, 4) is 0 Å². The van der Waals surface area contributed by atoms with Crippen LogP contribution in [0, 0.1) is 0 Å². The first-order valence-electron chi connectivity index (χ1n) is 10.9. The number of aryl methyl sites for hydroxylation is 1. The van der Waals surface area contributed by atoms with Gasteiger partial charge in [0, 0.05) is 36.4 Å². The molecular formula is C24H31N5OS. The Morgan fingerprint density at radius 2 is 2.06 bits per heavy atom. The van der Waals surface area contributed by atoms with Crippen LogP contribution in [0.25, 0.3) is 15.9 Å². The molecule has 31 heavy (non-hydrogen) atoms. The number of benzene rings is 1. The number of fused-ring (bicyclic) bond motifs is 2. The number of anilines is 2. The number of likely N-dealkylation sites (N-methyl/N-ethyl adjacent to an activating group) is 1. The molecule has 0 radical (unpaired) electrons. The molecule has 7 heteroatoms. The molecule has 0 fully saturated rings. The SMILES string of the molecule is C=C(NCCc1ccc(NCCNCC)cc1)c1sc2nc3c(cc2c1N)CCC3O. The molecule has 0 bridgehead atoms. The summed E-state index contributed by atoms with van der Waals surface area (Å²) < 4.78 is 0. The van der Waals surface area contributed by atoms with E-state index < -0.39 is 6.10 Å². The van der Waals surface area contributed by atoms with Gasteiger partial charge in [-0.15, -0.1) is 11.3 Å². The smallest absolute Gasteiger partial charge is 0.126 e. The van der Waals surface area contributed by atoms with Gasteiger partial charge in [0.1, 0.15) is 4.83 Å². The summed E-state index contributed by atoms with van der Waals surface area (Å²) in [4.78, 5) is 6.48. The minimum atomic E-state index is -0.456. The number of aliphatic hydroxyl groups excluding tert-OH is 1. The van der Waals surface area contributed by atoms with Crippen LogP contribution >= 0.6 is 11.3 Å². The summed E-state index contributed by atoms with van der Waals surface area (Å²) in [5.74, 6) is 0. The van der Waals surface area contributed by atoms with Crippen LogP contribution in [0.4, 0.5) is 11.4 Å². The van der Waals surface area contributed by atoms with E-state index in [0.717, 1.165) is 88.9 Å². The number of hydrogen-bond donors (Lipinski definition) is 5. The molecule has 0 amide bonds. The van der Waals surface area contributed by atoms with Crippen molar-refractivity contribution < 1.29 is 5.11 Å². The molecule has 2 heterocycles. The van der Waals surface area contributed by atoms with E-state index in [4.69, 9.17) is 5.73 Å². The van der Waals surface area contributed by atoms with Crippen LogP contribution in [0.1, 0.15) is 41.1 Å². The number of pyridine rings is 1. The average molecular weight is 438 g/mol. The number of aromatic nitrogens is 1. The first-order chi connectivity index (χ1) is 15.1. The van der Waals surface area contributed by atoms with Gasteiger partial charge >= 0.3 is 0 Å². The maximum absolute atomic E-state index is 10.1. The summed E-state index contributed by atoms with van der Waals surface area (Å²) in [6.07, 6.45) is 2.04. The maximum Gasteiger partial charge on any atom is 0.126 e. The molecule has 1 atom stereocenters. The molecule has 0 aliphatic heterocycles. The Morgan fingerprint density at radius 1 is 1.26 bits per heavy atom. The predicted molar refractivity (Wildman–Crippen MR) is 132 cm³/mol. The average Bonchev–Trinajstić information content (AvgIpc) is 3.30. The van der Waals surface area contributed by atoms with Gasteiger partial charge in [0.15, 0.2) is 0 Å². The molecule has 6 N–H and O–H groups in total. The second-order valence-electron chi connectivity index (χ2n) is 7.92. The largest absolute Gasteiger partial charge is 0.397 e. The molecule has 1 aliphatic rings. The maximum atomic E-state index is 10.1. The molecule has 0 saturated heterocycles. The third kappa shape index (κ3) is 4.84. The second-order valence-corrected chi connectivity index (χ2v) is 8.92. The van der Waals surface area contributed by atoms with Crippen molar-refractivity contribution in [3.63, 3.8) is 0 Å². The highest BCUT2D eigenvalue weighted by Gasteiger charge is 2.24. The highest BCUT2D eigenvalue weighted by molar-refractivity contribution is 7.20. The van der Waals surface area contributed by atoms with Gasteiger partial charge in [-0.3, -0.25) is 0 Å². The van der Waals surface area contributed by atoms with E-state index in [1.165, 1.54) is 16.9 Å². The molecular weight excluding hydrogens is 406 g/mol. The lowest BCUT2D eigenvalue weighted by Gasteiger charge is -2.10.